The lowest BCUT2D eigenvalue weighted by Gasteiger charge is -2.36. The van der Waals surface area contributed by atoms with Crippen LogP contribution in [-0.2, 0) is 4.79 Å². The van der Waals surface area contributed by atoms with Crippen molar-refractivity contribution in [1.82, 2.24) is 10.2 Å². The van der Waals surface area contributed by atoms with E-state index in [4.69, 9.17) is 9.47 Å². The third-order valence-electron chi connectivity index (χ3n) is 7.73. The third-order valence-corrected chi connectivity index (χ3v) is 7.73. The summed E-state index contributed by atoms with van der Waals surface area (Å²) in [5.74, 6) is 0.851. The lowest BCUT2D eigenvalue weighted by Crippen LogP contribution is -2.52. The van der Waals surface area contributed by atoms with Crippen molar-refractivity contribution in [1.29, 1.82) is 0 Å². The standard InChI is InChI=1S/C29H32FN3O4/c30-23-5-2-20-15-24(6-3-19(20)14-23)33-11-8-22(17-33)29(35)31-25(18-32-9-1-10-32)28(34)21-4-7-26-27(16-21)37-13-12-36-26/h2-7,14-16,22,25,28,34H,1,8-13,17-18H2,(H,31,35)/t22-,25+,28+/m0/s1. The number of aliphatic hydroxyl groups excluding tert-OH is 1. The molecule has 1 amide bonds. The van der Waals surface area contributed by atoms with Crippen molar-refractivity contribution in [3.63, 3.8) is 0 Å². The van der Waals surface area contributed by atoms with Crippen molar-refractivity contribution in [3.05, 3.63) is 66.0 Å². The zero-order valence-corrected chi connectivity index (χ0v) is 20.7. The zero-order chi connectivity index (χ0) is 25.4. The van der Waals surface area contributed by atoms with Gasteiger partial charge in [-0.1, -0.05) is 18.2 Å². The number of aliphatic hydroxyl groups is 1. The molecule has 0 aromatic heterocycles. The Morgan fingerprint density at radius 3 is 2.59 bits per heavy atom. The highest BCUT2D eigenvalue weighted by Crippen LogP contribution is 2.34. The molecule has 0 saturated carbocycles. The van der Waals surface area contributed by atoms with Crippen molar-refractivity contribution >= 4 is 22.4 Å². The number of benzene rings is 3. The smallest absolute Gasteiger partial charge is 0.225 e. The Kier molecular flexibility index (Phi) is 6.61. The molecule has 3 atom stereocenters. The number of rotatable bonds is 7. The molecule has 0 aliphatic carbocycles. The van der Waals surface area contributed by atoms with Gasteiger partial charge in [0.1, 0.15) is 25.1 Å². The number of halogens is 1. The van der Waals surface area contributed by atoms with Gasteiger partial charge in [0.2, 0.25) is 5.91 Å². The summed E-state index contributed by atoms with van der Waals surface area (Å²) in [6.07, 6.45) is 1.01. The first-order valence-corrected chi connectivity index (χ1v) is 13.1. The van der Waals surface area contributed by atoms with Gasteiger partial charge in [-0.2, -0.15) is 0 Å². The van der Waals surface area contributed by atoms with Crippen molar-refractivity contribution in [2.75, 3.05) is 50.8 Å². The Bertz CT molecular complexity index is 1300. The van der Waals surface area contributed by atoms with Gasteiger partial charge in [0.15, 0.2) is 11.5 Å². The highest BCUT2D eigenvalue weighted by molar-refractivity contribution is 5.86. The van der Waals surface area contributed by atoms with E-state index in [-0.39, 0.29) is 17.6 Å². The lowest BCUT2D eigenvalue weighted by molar-refractivity contribution is -0.126. The average molecular weight is 506 g/mol. The fraction of sp³-hybridized carbons (Fsp3) is 0.414. The van der Waals surface area contributed by atoms with E-state index < -0.39 is 12.1 Å². The summed E-state index contributed by atoms with van der Waals surface area (Å²) >= 11 is 0. The summed E-state index contributed by atoms with van der Waals surface area (Å²) in [5.41, 5.74) is 1.73. The number of likely N-dealkylation sites (tertiary alicyclic amines) is 1. The van der Waals surface area contributed by atoms with Crippen LogP contribution in [0.4, 0.5) is 10.1 Å². The molecule has 3 aliphatic heterocycles. The predicted molar refractivity (Wildman–Crippen MR) is 140 cm³/mol. The molecule has 3 heterocycles. The molecule has 0 radical (unpaired) electrons. The van der Waals surface area contributed by atoms with E-state index >= 15 is 0 Å². The molecule has 2 fully saturated rings. The summed E-state index contributed by atoms with van der Waals surface area (Å²) < 4.78 is 24.8. The maximum Gasteiger partial charge on any atom is 0.225 e. The molecule has 2 saturated heterocycles. The topological polar surface area (TPSA) is 74.3 Å². The van der Waals surface area contributed by atoms with Gasteiger partial charge in [0, 0.05) is 25.3 Å². The van der Waals surface area contributed by atoms with Crippen LogP contribution in [-0.4, -0.2) is 67.9 Å². The van der Waals surface area contributed by atoms with E-state index in [2.05, 4.69) is 15.1 Å². The molecular weight excluding hydrogens is 473 g/mol. The van der Waals surface area contributed by atoms with Crippen molar-refractivity contribution in [2.45, 2.75) is 25.0 Å². The summed E-state index contributed by atoms with van der Waals surface area (Å²) in [6, 6.07) is 15.8. The molecule has 3 aliphatic rings. The van der Waals surface area contributed by atoms with E-state index in [1.165, 1.54) is 12.1 Å². The first kappa shape index (κ1) is 24.0. The van der Waals surface area contributed by atoms with Crippen LogP contribution in [0.2, 0.25) is 0 Å². The Labute approximate surface area is 215 Å². The minimum Gasteiger partial charge on any atom is -0.486 e. The molecule has 7 nitrogen and oxygen atoms in total. The van der Waals surface area contributed by atoms with Crippen LogP contribution in [0.25, 0.3) is 10.8 Å². The Morgan fingerprint density at radius 1 is 1.00 bits per heavy atom. The fourth-order valence-corrected chi connectivity index (χ4v) is 5.45. The molecular formula is C29H32FN3O4. The lowest BCUT2D eigenvalue weighted by atomic mass is 9.98. The first-order valence-electron chi connectivity index (χ1n) is 13.1. The van der Waals surface area contributed by atoms with Crippen molar-refractivity contribution < 1.29 is 23.8 Å². The molecule has 2 N–H and O–H groups in total. The zero-order valence-electron chi connectivity index (χ0n) is 20.7. The highest BCUT2D eigenvalue weighted by atomic mass is 19.1. The van der Waals surface area contributed by atoms with E-state index in [1.807, 2.05) is 36.4 Å². The maximum absolute atomic E-state index is 13.5. The fourth-order valence-electron chi connectivity index (χ4n) is 5.45. The minimum absolute atomic E-state index is 0.0347. The summed E-state index contributed by atoms with van der Waals surface area (Å²) in [7, 11) is 0. The number of nitrogens with one attached hydrogen (secondary N) is 1. The van der Waals surface area contributed by atoms with Crippen LogP contribution in [0.1, 0.15) is 24.5 Å². The van der Waals surface area contributed by atoms with E-state index in [0.717, 1.165) is 48.9 Å². The van der Waals surface area contributed by atoms with Crippen LogP contribution in [0.15, 0.2) is 54.6 Å². The molecule has 37 heavy (non-hydrogen) atoms. The normalized spacial score (nSPS) is 20.9. The van der Waals surface area contributed by atoms with Crippen LogP contribution in [0.5, 0.6) is 11.5 Å². The summed E-state index contributed by atoms with van der Waals surface area (Å²) in [4.78, 5) is 17.8. The summed E-state index contributed by atoms with van der Waals surface area (Å²) in [5, 5.41) is 16.3. The second-order valence-corrected chi connectivity index (χ2v) is 10.2. The quantitative estimate of drug-likeness (QED) is 0.512. The van der Waals surface area contributed by atoms with Gasteiger partial charge in [0.05, 0.1) is 12.0 Å². The Morgan fingerprint density at radius 2 is 1.78 bits per heavy atom. The molecule has 0 spiro atoms. The molecule has 0 bridgehead atoms. The van der Waals surface area contributed by atoms with Gasteiger partial charge in [-0.05, 0) is 78.7 Å². The summed E-state index contributed by atoms with van der Waals surface area (Å²) in [6.45, 7) is 4.92. The number of hydrogen-bond acceptors (Lipinski definition) is 6. The van der Waals surface area contributed by atoms with Gasteiger partial charge in [0.25, 0.3) is 0 Å². The van der Waals surface area contributed by atoms with E-state index in [0.29, 0.717) is 43.4 Å². The predicted octanol–water partition coefficient (Wildman–Crippen LogP) is 3.50. The van der Waals surface area contributed by atoms with Gasteiger partial charge < -0.3 is 29.7 Å². The monoisotopic (exact) mass is 505 g/mol. The number of fused-ring (bicyclic) bond motifs is 2. The van der Waals surface area contributed by atoms with Gasteiger partial charge in [-0.25, -0.2) is 4.39 Å². The van der Waals surface area contributed by atoms with Crippen molar-refractivity contribution in [3.8, 4) is 11.5 Å². The molecule has 0 unspecified atom stereocenters. The number of carbonyl (C=O) groups excluding carboxylic acids is 1. The SMILES string of the molecule is O=C(N[C@H](CN1CCC1)[C@H](O)c1ccc2c(c1)OCCO2)[C@H]1CCN(c2ccc3cc(F)ccc3c2)C1. The van der Waals surface area contributed by atoms with E-state index in [1.54, 1.807) is 6.07 Å². The van der Waals surface area contributed by atoms with Crippen molar-refractivity contribution in [2.24, 2.45) is 5.92 Å². The number of ether oxygens (including phenoxy) is 2. The van der Waals surface area contributed by atoms with E-state index in [9.17, 15) is 14.3 Å². The van der Waals surface area contributed by atoms with Crippen LogP contribution in [0.3, 0.4) is 0 Å². The first-order chi connectivity index (χ1) is 18.0. The maximum atomic E-state index is 13.5. The number of anilines is 1. The number of amides is 1. The molecule has 8 heteroatoms. The van der Waals surface area contributed by atoms with Crippen LogP contribution < -0.4 is 19.7 Å². The number of nitrogens with zero attached hydrogens (tertiary/aromatic N) is 2. The molecule has 194 valence electrons. The Hall–Kier alpha value is -3.36. The van der Waals surface area contributed by atoms with Crippen LogP contribution in [0, 0.1) is 11.7 Å². The number of carbonyl (C=O) groups is 1. The minimum atomic E-state index is -0.862. The second kappa shape index (κ2) is 10.2. The molecule has 6 rings (SSSR count). The second-order valence-electron chi connectivity index (χ2n) is 10.2. The Balaban J connectivity index is 1.14. The highest BCUT2D eigenvalue weighted by Gasteiger charge is 2.33. The van der Waals surface area contributed by atoms with Gasteiger partial charge in [-0.3, -0.25) is 4.79 Å². The number of hydrogen-bond donors (Lipinski definition) is 2. The largest absolute Gasteiger partial charge is 0.486 e. The third kappa shape index (κ3) is 5.08. The van der Waals surface area contributed by atoms with Crippen LogP contribution >= 0.6 is 0 Å². The molecule has 3 aromatic rings. The molecule has 3 aromatic carbocycles. The van der Waals surface area contributed by atoms with Gasteiger partial charge in [-0.15, -0.1) is 0 Å². The average Bonchev–Trinajstić information content (AvgIpc) is 3.39. The van der Waals surface area contributed by atoms with Gasteiger partial charge >= 0.3 is 0 Å².